The van der Waals surface area contributed by atoms with Crippen LogP contribution in [0.15, 0.2) is 71.7 Å². The highest BCUT2D eigenvalue weighted by atomic mass is 16.4. The maximum atomic E-state index is 12.4. The van der Waals surface area contributed by atoms with Gasteiger partial charge in [0.05, 0.1) is 6.54 Å². The Kier molecular flexibility index (Phi) is 8.28. The van der Waals surface area contributed by atoms with Crippen molar-refractivity contribution in [2.45, 2.75) is 26.7 Å². The summed E-state index contributed by atoms with van der Waals surface area (Å²) < 4.78 is 7.20. The number of benzene rings is 1. The summed E-state index contributed by atoms with van der Waals surface area (Å²) in [6.07, 6.45) is 10.9. The van der Waals surface area contributed by atoms with Gasteiger partial charge in [-0.3, -0.25) is 9.59 Å². The van der Waals surface area contributed by atoms with Crippen molar-refractivity contribution < 1.29 is 14.0 Å². The quantitative estimate of drug-likeness (QED) is 0.268. The summed E-state index contributed by atoms with van der Waals surface area (Å²) >= 11 is 0. The van der Waals surface area contributed by atoms with Gasteiger partial charge < -0.3 is 15.1 Å². The highest BCUT2D eigenvalue weighted by molar-refractivity contribution is 6.04. The second-order valence-electron chi connectivity index (χ2n) is 7.12. The van der Waals surface area contributed by atoms with Crippen LogP contribution >= 0.6 is 0 Å². The largest absolute Gasteiger partial charge is 0.448 e. The Hall–Kier alpha value is -3.78. The molecule has 2 heterocycles. The number of furan rings is 1. The number of carbonyl (C=O) groups excluding carboxylic acids is 2. The third-order valence-corrected chi connectivity index (χ3v) is 4.83. The summed E-state index contributed by atoms with van der Waals surface area (Å²) in [6, 6.07) is 10.5. The molecule has 0 saturated carbocycles. The molecule has 0 aliphatic carbocycles. The molecule has 0 spiro atoms. The average molecular weight is 434 g/mol. The molecule has 32 heavy (non-hydrogen) atoms. The number of aryl methyl sites for hydroxylation is 1. The molecule has 3 aromatic rings. The first-order valence-corrected chi connectivity index (χ1v) is 10.4. The third-order valence-electron chi connectivity index (χ3n) is 4.83. The Morgan fingerprint density at radius 1 is 1.12 bits per heavy atom. The van der Waals surface area contributed by atoms with Crippen LogP contribution < -0.4 is 10.6 Å². The van der Waals surface area contributed by atoms with Crippen LogP contribution in [0.2, 0.25) is 0 Å². The molecule has 1 amide bonds. The second-order valence-corrected chi connectivity index (χ2v) is 7.12. The van der Waals surface area contributed by atoms with E-state index in [1.807, 2.05) is 50.3 Å². The lowest BCUT2D eigenvalue weighted by molar-refractivity contribution is 0.0953. The Bertz CT molecular complexity index is 1100. The first-order chi connectivity index (χ1) is 15.6. The van der Waals surface area contributed by atoms with E-state index in [4.69, 9.17) is 4.42 Å². The van der Waals surface area contributed by atoms with E-state index in [1.54, 1.807) is 11.0 Å². The van der Waals surface area contributed by atoms with Crippen LogP contribution in [0, 0.1) is 6.92 Å². The normalized spacial score (nSPS) is 11.8. The standard InChI is InChI=1S/C24H27N5O3/c1-3-19(29-17-26-16-27-29)10-5-4-8-14-25-15-21(30)22-12-13-23(32-22)24(31)28-20-11-7-6-9-18(20)2/h3-4,6-9,11-13,16-17,25H,5,10,14-15H2,1-2H3,(H,28,31)/b8-4-,19-3+. The first kappa shape index (κ1) is 22.9. The molecule has 1 aromatic carbocycles. The fourth-order valence-electron chi connectivity index (χ4n) is 3.04. The zero-order chi connectivity index (χ0) is 22.8. The Balaban J connectivity index is 1.39. The van der Waals surface area contributed by atoms with E-state index in [0.29, 0.717) is 12.2 Å². The summed E-state index contributed by atoms with van der Waals surface area (Å²) in [5, 5.41) is 9.98. The van der Waals surface area contributed by atoms with E-state index in [9.17, 15) is 9.59 Å². The fourth-order valence-corrected chi connectivity index (χ4v) is 3.04. The van der Waals surface area contributed by atoms with Gasteiger partial charge in [-0.1, -0.05) is 36.4 Å². The minimum absolute atomic E-state index is 0.101. The van der Waals surface area contributed by atoms with Gasteiger partial charge in [0.25, 0.3) is 5.91 Å². The smallest absolute Gasteiger partial charge is 0.291 e. The van der Waals surface area contributed by atoms with E-state index in [-0.39, 0.29) is 29.8 Å². The summed E-state index contributed by atoms with van der Waals surface area (Å²) in [5.74, 6) is -0.345. The number of aromatic nitrogens is 3. The van der Waals surface area contributed by atoms with Crippen LogP contribution in [0.1, 0.15) is 46.4 Å². The van der Waals surface area contributed by atoms with Crippen molar-refractivity contribution >= 4 is 23.1 Å². The highest BCUT2D eigenvalue weighted by Crippen LogP contribution is 2.16. The molecule has 0 saturated heterocycles. The predicted molar refractivity (Wildman–Crippen MR) is 123 cm³/mol. The molecule has 0 radical (unpaired) electrons. The van der Waals surface area contributed by atoms with Crippen LogP contribution in [0.3, 0.4) is 0 Å². The summed E-state index contributed by atoms with van der Waals surface area (Å²) in [6.45, 7) is 4.56. The van der Waals surface area contributed by atoms with Crippen molar-refractivity contribution in [1.29, 1.82) is 0 Å². The number of para-hydroxylation sites is 1. The van der Waals surface area contributed by atoms with Gasteiger partial charge in [0.2, 0.25) is 5.78 Å². The van der Waals surface area contributed by atoms with Crippen molar-refractivity contribution in [3.63, 3.8) is 0 Å². The van der Waals surface area contributed by atoms with E-state index in [2.05, 4.69) is 26.8 Å². The van der Waals surface area contributed by atoms with Crippen LogP contribution in [0.5, 0.6) is 0 Å². The molecule has 0 fully saturated rings. The van der Waals surface area contributed by atoms with Gasteiger partial charge >= 0.3 is 0 Å². The van der Waals surface area contributed by atoms with Crippen LogP contribution in [-0.2, 0) is 0 Å². The first-order valence-electron chi connectivity index (χ1n) is 10.4. The van der Waals surface area contributed by atoms with Crippen molar-refractivity contribution in [1.82, 2.24) is 20.1 Å². The molecular weight excluding hydrogens is 406 g/mol. The molecular formula is C24H27N5O3. The lowest BCUT2D eigenvalue weighted by atomic mass is 10.2. The molecule has 0 aliphatic rings. The number of allylic oxidation sites excluding steroid dienone is 3. The lowest BCUT2D eigenvalue weighted by Gasteiger charge is -2.06. The monoisotopic (exact) mass is 433 g/mol. The second kappa shape index (κ2) is 11.6. The van der Waals surface area contributed by atoms with Gasteiger partial charge in [0, 0.05) is 17.9 Å². The predicted octanol–water partition coefficient (Wildman–Crippen LogP) is 4.10. The summed E-state index contributed by atoms with van der Waals surface area (Å²) in [7, 11) is 0. The molecule has 0 atom stereocenters. The van der Waals surface area contributed by atoms with Crippen molar-refractivity contribution in [3.8, 4) is 0 Å². The van der Waals surface area contributed by atoms with E-state index < -0.39 is 0 Å². The van der Waals surface area contributed by atoms with Crippen molar-refractivity contribution in [2.75, 3.05) is 18.4 Å². The molecule has 3 rings (SSSR count). The number of carbonyl (C=O) groups is 2. The highest BCUT2D eigenvalue weighted by Gasteiger charge is 2.16. The lowest BCUT2D eigenvalue weighted by Crippen LogP contribution is -2.22. The van der Waals surface area contributed by atoms with Gasteiger partial charge in [-0.25, -0.2) is 9.67 Å². The summed E-state index contributed by atoms with van der Waals surface area (Å²) in [4.78, 5) is 28.6. The topological polar surface area (TPSA) is 102 Å². The molecule has 166 valence electrons. The third kappa shape index (κ3) is 6.36. The van der Waals surface area contributed by atoms with Gasteiger partial charge in [-0.2, -0.15) is 5.10 Å². The number of hydrogen-bond acceptors (Lipinski definition) is 6. The Morgan fingerprint density at radius 3 is 2.69 bits per heavy atom. The fraction of sp³-hybridized carbons (Fsp3) is 0.250. The average Bonchev–Trinajstić information content (AvgIpc) is 3.50. The molecule has 2 aromatic heterocycles. The number of ketones is 1. The minimum Gasteiger partial charge on any atom is -0.448 e. The molecule has 8 nitrogen and oxygen atoms in total. The number of rotatable bonds is 11. The zero-order valence-corrected chi connectivity index (χ0v) is 18.2. The van der Waals surface area contributed by atoms with Gasteiger partial charge in [-0.15, -0.1) is 0 Å². The van der Waals surface area contributed by atoms with Crippen LogP contribution in [-0.4, -0.2) is 39.5 Å². The van der Waals surface area contributed by atoms with Crippen molar-refractivity contribution in [3.05, 3.63) is 84.4 Å². The maximum absolute atomic E-state index is 12.4. The maximum Gasteiger partial charge on any atom is 0.291 e. The number of hydrogen-bond donors (Lipinski definition) is 2. The summed E-state index contributed by atoms with van der Waals surface area (Å²) in [5.41, 5.74) is 2.73. The minimum atomic E-state index is -0.388. The van der Waals surface area contributed by atoms with E-state index in [0.717, 1.165) is 24.1 Å². The molecule has 8 heteroatoms. The van der Waals surface area contributed by atoms with Gasteiger partial charge in [0.15, 0.2) is 11.5 Å². The number of nitrogens with zero attached hydrogens (tertiary/aromatic N) is 3. The zero-order valence-electron chi connectivity index (χ0n) is 18.2. The molecule has 0 unspecified atom stereocenters. The number of anilines is 1. The number of nitrogens with one attached hydrogen (secondary N) is 2. The van der Waals surface area contributed by atoms with Gasteiger partial charge in [0.1, 0.15) is 12.7 Å². The van der Waals surface area contributed by atoms with Crippen LogP contribution in [0.4, 0.5) is 5.69 Å². The van der Waals surface area contributed by atoms with E-state index in [1.165, 1.54) is 18.5 Å². The van der Waals surface area contributed by atoms with E-state index >= 15 is 0 Å². The number of Topliss-reactive ketones (excluding diaryl/α,β-unsaturated/α-hetero) is 1. The SMILES string of the molecule is C/C=C(\CC/C=C\CNCC(=O)c1ccc(C(=O)Nc2ccccc2C)o1)n1cncn1. The Morgan fingerprint density at radius 2 is 1.94 bits per heavy atom. The number of amides is 1. The van der Waals surface area contributed by atoms with Crippen LogP contribution in [0.25, 0.3) is 5.70 Å². The molecule has 2 N–H and O–H groups in total. The van der Waals surface area contributed by atoms with Crippen molar-refractivity contribution in [2.24, 2.45) is 0 Å². The molecule has 0 bridgehead atoms. The van der Waals surface area contributed by atoms with Gasteiger partial charge in [-0.05, 0) is 50.5 Å². The Labute approximate surface area is 187 Å². The molecule has 0 aliphatic heterocycles.